The summed E-state index contributed by atoms with van der Waals surface area (Å²) < 4.78 is 4.93. The lowest BCUT2D eigenvalue weighted by atomic mass is 10.0. The summed E-state index contributed by atoms with van der Waals surface area (Å²) in [6.45, 7) is 8.55. The van der Waals surface area contributed by atoms with Crippen LogP contribution in [0, 0.1) is 11.8 Å². The molecule has 1 unspecified atom stereocenters. The maximum Gasteiger partial charge on any atom is 0.331 e. The first kappa shape index (κ1) is 17.9. The third kappa shape index (κ3) is 5.28. The molecule has 0 aromatic carbocycles. The molecule has 0 saturated carbocycles. The van der Waals surface area contributed by atoms with E-state index in [1.165, 1.54) is 5.06 Å². The third-order valence-corrected chi connectivity index (χ3v) is 3.80. The molecular formula is C15H28N2O4. The van der Waals surface area contributed by atoms with Crippen molar-refractivity contribution in [2.24, 2.45) is 17.6 Å². The number of ether oxygens (including phenoxy) is 1. The van der Waals surface area contributed by atoms with E-state index in [1.807, 2.05) is 20.8 Å². The first-order chi connectivity index (χ1) is 9.86. The van der Waals surface area contributed by atoms with Crippen molar-refractivity contribution in [3.63, 3.8) is 0 Å². The summed E-state index contributed by atoms with van der Waals surface area (Å²) >= 11 is 0. The molecule has 2 N–H and O–H groups in total. The Balaban J connectivity index is 2.68. The fourth-order valence-corrected chi connectivity index (χ4v) is 2.11. The lowest BCUT2D eigenvalue weighted by molar-refractivity contribution is -0.206. The number of carbonyl (C=O) groups excluding carboxylic acids is 2. The monoisotopic (exact) mass is 300 g/mol. The predicted molar refractivity (Wildman–Crippen MR) is 79.0 cm³/mol. The fourth-order valence-electron chi connectivity index (χ4n) is 2.11. The summed E-state index contributed by atoms with van der Waals surface area (Å²) in [7, 11) is 0. The van der Waals surface area contributed by atoms with Crippen LogP contribution >= 0.6 is 0 Å². The van der Waals surface area contributed by atoms with E-state index >= 15 is 0 Å². The molecule has 1 saturated heterocycles. The van der Waals surface area contributed by atoms with Crippen LogP contribution in [0.3, 0.4) is 0 Å². The van der Waals surface area contributed by atoms with Gasteiger partial charge in [-0.3, -0.25) is 9.63 Å². The van der Waals surface area contributed by atoms with Gasteiger partial charge in [0.15, 0.2) is 6.04 Å². The summed E-state index contributed by atoms with van der Waals surface area (Å²) in [6.07, 6.45) is 1.75. The number of amides is 1. The summed E-state index contributed by atoms with van der Waals surface area (Å²) in [5.41, 5.74) is 6.03. The fraction of sp³-hybridized carbons (Fsp3) is 0.867. The van der Waals surface area contributed by atoms with Crippen LogP contribution in [0.5, 0.6) is 0 Å². The zero-order valence-electron chi connectivity index (χ0n) is 13.5. The van der Waals surface area contributed by atoms with Gasteiger partial charge in [-0.1, -0.05) is 34.1 Å². The van der Waals surface area contributed by atoms with Gasteiger partial charge < -0.3 is 10.5 Å². The van der Waals surface area contributed by atoms with Crippen molar-refractivity contribution in [2.45, 2.75) is 59.0 Å². The van der Waals surface area contributed by atoms with Gasteiger partial charge in [-0.25, -0.2) is 9.86 Å². The lowest BCUT2D eigenvalue weighted by Gasteiger charge is -2.28. The van der Waals surface area contributed by atoms with E-state index in [0.717, 1.165) is 6.42 Å². The van der Waals surface area contributed by atoms with Gasteiger partial charge in [0.25, 0.3) is 0 Å². The number of hydrogen-bond acceptors (Lipinski definition) is 5. The van der Waals surface area contributed by atoms with Crippen molar-refractivity contribution < 1.29 is 19.2 Å². The topological polar surface area (TPSA) is 81.9 Å². The van der Waals surface area contributed by atoms with Gasteiger partial charge in [-0.05, 0) is 11.8 Å². The minimum Gasteiger partial charge on any atom is -0.464 e. The minimum absolute atomic E-state index is 0.165. The molecule has 0 radical (unpaired) electrons. The molecule has 0 bridgehead atoms. The van der Waals surface area contributed by atoms with Crippen LogP contribution in [0.25, 0.3) is 0 Å². The number of carbonyl (C=O) groups is 2. The average Bonchev–Trinajstić information content (AvgIpc) is 2.83. The quantitative estimate of drug-likeness (QED) is 0.542. The molecule has 1 heterocycles. The second-order valence-electron chi connectivity index (χ2n) is 6.13. The number of nitrogens with zero attached hydrogens (tertiary/aromatic N) is 1. The zero-order chi connectivity index (χ0) is 16.0. The number of cyclic esters (lactones) is 1. The van der Waals surface area contributed by atoms with Crippen molar-refractivity contribution in [1.82, 2.24) is 5.06 Å². The molecule has 0 spiro atoms. The predicted octanol–water partition coefficient (Wildman–Crippen LogP) is 1.48. The van der Waals surface area contributed by atoms with E-state index in [1.54, 1.807) is 0 Å². The van der Waals surface area contributed by atoms with E-state index in [9.17, 15) is 9.59 Å². The molecule has 1 rings (SSSR count). The van der Waals surface area contributed by atoms with E-state index in [2.05, 4.69) is 6.92 Å². The third-order valence-electron chi connectivity index (χ3n) is 3.80. The van der Waals surface area contributed by atoms with Gasteiger partial charge in [0.2, 0.25) is 5.91 Å². The molecule has 0 aliphatic carbocycles. The molecule has 1 aliphatic rings. The van der Waals surface area contributed by atoms with Crippen molar-refractivity contribution >= 4 is 11.9 Å². The number of esters is 1. The number of rotatable bonds is 8. The molecule has 1 aliphatic heterocycles. The van der Waals surface area contributed by atoms with Gasteiger partial charge in [0, 0.05) is 18.9 Å². The molecule has 6 heteroatoms. The first-order valence-electron chi connectivity index (χ1n) is 7.74. The van der Waals surface area contributed by atoms with Gasteiger partial charge in [0.05, 0.1) is 13.2 Å². The van der Waals surface area contributed by atoms with E-state index < -0.39 is 12.0 Å². The molecule has 0 aromatic rings. The van der Waals surface area contributed by atoms with E-state index in [4.69, 9.17) is 15.3 Å². The second kappa shape index (κ2) is 8.34. The standard InChI is InChI=1S/C15H28N2O4/c1-5-11(4)12(16)9-21-17(14(18)8-10(2)3)13-6-7-20-15(13)19/h10-13H,5-9,16H2,1-4H3/t11-,12?,13-/m0/s1. The summed E-state index contributed by atoms with van der Waals surface area (Å²) in [4.78, 5) is 29.6. The van der Waals surface area contributed by atoms with Gasteiger partial charge in [-0.15, -0.1) is 0 Å². The highest BCUT2D eigenvalue weighted by Gasteiger charge is 2.37. The van der Waals surface area contributed by atoms with Crippen LogP contribution in [-0.4, -0.2) is 42.2 Å². The molecule has 6 nitrogen and oxygen atoms in total. The zero-order valence-corrected chi connectivity index (χ0v) is 13.5. The summed E-state index contributed by atoms with van der Waals surface area (Å²) in [5, 5.41) is 1.19. The molecule has 3 atom stereocenters. The maximum absolute atomic E-state index is 12.3. The van der Waals surface area contributed by atoms with Crippen LogP contribution in [-0.2, 0) is 19.2 Å². The largest absolute Gasteiger partial charge is 0.464 e. The smallest absolute Gasteiger partial charge is 0.331 e. The van der Waals surface area contributed by atoms with E-state index in [0.29, 0.717) is 25.4 Å². The van der Waals surface area contributed by atoms with Crippen molar-refractivity contribution in [2.75, 3.05) is 13.2 Å². The first-order valence-corrected chi connectivity index (χ1v) is 7.74. The Kier molecular flexibility index (Phi) is 7.11. The van der Waals surface area contributed by atoms with Crippen molar-refractivity contribution in [3.05, 3.63) is 0 Å². The molecule has 0 aromatic heterocycles. The molecule has 21 heavy (non-hydrogen) atoms. The van der Waals surface area contributed by atoms with Crippen LogP contribution in [0.1, 0.15) is 47.0 Å². The minimum atomic E-state index is -0.639. The summed E-state index contributed by atoms with van der Waals surface area (Å²) in [6, 6.07) is -0.804. The SMILES string of the molecule is CC[C@H](C)C(N)CON(C(=O)CC(C)C)[C@H]1CCOC1=O. The van der Waals surface area contributed by atoms with Crippen LogP contribution in [0.2, 0.25) is 0 Å². The highest BCUT2D eigenvalue weighted by atomic mass is 16.7. The Labute approximate surface area is 126 Å². The van der Waals surface area contributed by atoms with Crippen LogP contribution in [0.4, 0.5) is 0 Å². The molecule has 1 amide bonds. The Morgan fingerprint density at radius 3 is 2.62 bits per heavy atom. The van der Waals surface area contributed by atoms with Gasteiger partial charge in [0.1, 0.15) is 0 Å². The highest BCUT2D eigenvalue weighted by Crippen LogP contribution is 2.18. The van der Waals surface area contributed by atoms with Crippen molar-refractivity contribution in [1.29, 1.82) is 0 Å². The lowest BCUT2D eigenvalue weighted by Crippen LogP contribution is -2.46. The van der Waals surface area contributed by atoms with Crippen LogP contribution in [0.15, 0.2) is 0 Å². The van der Waals surface area contributed by atoms with E-state index in [-0.39, 0.29) is 24.5 Å². The molecule has 122 valence electrons. The highest BCUT2D eigenvalue weighted by molar-refractivity contribution is 5.84. The van der Waals surface area contributed by atoms with Gasteiger partial charge >= 0.3 is 5.97 Å². The summed E-state index contributed by atoms with van der Waals surface area (Å²) in [5.74, 6) is -0.0961. The Morgan fingerprint density at radius 1 is 1.48 bits per heavy atom. The van der Waals surface area contributed by atoms with Crippen molar-refractivity contribution in [3.8, 4) is 0 Å². The molecular weight excluding hydrogens is 272 g/mol. The number of hydrogen-bond donors (Lipinski definition) is 1. The molecule has 1 fully saturated rings. The Bertz CT molecular complexity index is 360. The average molecular weight is 300 g/mol. The number of hydroxylamine groups is 2. The Hall–Kier alpha value is -1.14. The second-order valence-corrected chi connectivity index (χ2v) is 6.13. The van der Waals surface area contributed by atoms with Crippen LogP contribution < -0.4 is 5.73 Å². The maximum atomic E-state index is 12.3. The Morgan fingerprint density at radius 2 is 2.14 bits per heavy atom. The van der Waals surface area contributed by atoms with Gasteiger partial charge in [-0.2, -0.15) is 0 Å². The normalized spacial score (nSPS) is 21.2. The number of nitrogens with two attached hydrogens (primary N) is 1.